The maximum Gasteiger partial charge on any atom is 0.0846 e. The summed E-state index contributed by atoms with van der Waals surface area (Å²) in [5.41, 5.74) is 0.888. The number of rotatable bonds is 2. The molecule has 0 aromatic heterocycles. The van der Waals surface area contributed by atoms with Gasteiger partial charge in [-0.1, -0.05) is 17.5 Å². The molecule has 0 bridgehead atoms. The zero-order chi connectivity index (χ0) is 9.84. The topological polar surface area (TPSA) is 12.0 Å². The van der Waals surface area contributed by atoms with Gasteiger partial charge in [-0.2, -0.15) is 0 Å². The summed E-state index contributed by atoms with van der Waals surface area (Å²) in [6, 6.07) is 5.77. The Morgan fingerprint density at radius 3 is 2.92 bits per heavy atom. The van der Waals surface area contributed by atoms with E-state index in [1.165, 1.54) is 0 Å². The van der Waals surface area contributed by atoms with Crippen LogP contribution in [0.5, 0.6) is 0 Å². The first-order valence-electron chi connectivity index (χ1n) is 3.81. The van der Waals surface area contributed by atoms with Crippen LogP contribution in [-0.2, 0) is 0 Å². The van der Waals surface area contributed by atoms with E-state index in [0.29, 0.717) is 5.02 Å². The number of anilines is 1. The van der Waals surface area contributed by atoms with Crippen molar-refractivity contribution in [1.29, 1.82) is 0 Å². The van der Waals surface area contributed by atoms with Crippen molar-refractivity contribution >= 4 is 39.9 Å². The fraction of sp³-hybridized carbons (Fsp3) is 0.200. The summed E-state index contributed by atoms with van der Waals surface area (Å²) in [5.74, 6) is 2.59. The highest BCUT2D eigenvalue weighted by Gasteiger charge is 2.02. The molecule has 1 N–H and O–H groups in total. The minimum Gasteiger partial charge on any atom is -0.371 e. The van der Waals surface area contributed by atoms with Gasteiger partial charge in [0.25, 0.3) is 0 Å². The SMILES string of the molecule is C#CC(C)Nc1cc(I)ccc1Cl. The Labute approximate surface area is 97.0 Å². The molecule has 0 saturated heterocycles. The molecule has 0 amide bonds. The molecule has 13 heavy (non-hydrogen) atoms. The van der Waals surface area contributed by atoms with E-state index in [4.69, 9.17) is 18.0 Å². The van der Waals surface area contributed by atoms with Gasteiger partial charge in [-0.25, -0.2) is 0 Å². The fourth-order valence-corrected chi connectivity index (χ4v) is 1.55. The van der Waals surface area contributed by atoms with Crippen molar-refractivity contribution in [3.05, 3.63) is 26.8 Å². The molecular weight excluding hydrogens is 296 g/mol. The molecule has 1 nitrogen and oxygen atoms in total. The molecule has 0 aliphatic carbocycles. The van der Waals surface area contributed by atoms with Crippen molar-refractivity contribution < 1.29 is 0 Å². The first-order valence-corrected chi connectivity index (χ1v) is 5.27. The lowest BCUT2D eigenvalue weighted by Crippen LogP contribution is -2.12. The number of terminal acetylenes is 1. The van der Waals surface area contributed by atoms with Gasteiger partial charge in [0.1, 0.15) is 0 Å². The molecule has 0 saturated carbocycles. The summed E-state index contributed by atoms with van der Waals surface area (Å²) < 4.78 is 1.13. The van der Waals surface area contributed by atoms with Gasteiger partial charge in [0, 0.05) is 3.57 Å². The van der Waals surface area contributed by atoms with Crippen molar-refractivity contribution in [2.45, 2.75) is 13.0 Å². The summed E-state index contributed by atoms with van der Waals surface area (Å²) in [7, 11) is 0. The van der Waals surface area contributed by atoms with E-state index in [2.05, 4.69) is 33.8 Å². The molecule has 0 spiro atoms. The van der Waals surface area contributed by atoms with Crippen LogP contribution in [0.25, 0.3) is 0 Å². The second-order valence-corrected chi connectivity index (χ2v) is 4.31. The van der Waals surface area contributed by atoms with Crippen LogP contribution < -0.4 is 5.32 Å². The molecule has 0 aliphatic rings. The number of hydrogen-bond donors (Lipinski definition) is 1. The Morgan fingerprint density at radius 2 is 2.31 bits per heavy atom. The third kappa shape index (κ3) is 3.09. The van der Waals surface area contributed by atoms with Gasteiger partial charge in [-0.3, -0.25) is 0 Å². The Hall–Kier alpha value is -0.400. The van der Waals surface area contributed by atoms with Gasteiger partial charge in [0.15, 0.2) is 0 Å². The Kier molecular flexibility index (Phi) is 3.89. The number of halogens is 2. The monoisotopic (exact) mass is 305 g/mol. The molecule has 0 heterocycles. The highest BCUT2D eigenvalue weighted by molar-refractivity contribution is 14.1. The fourth-order valence-electron chi connectivity index (χ4n) is 0.883. The number of hydrogen-bond acceptors (Lipinski definition) is 1. The minimum absolute atomic E-state index is 0.00398. The second-order valence-electron chi connectivity index (χ2n) is 2.66. The molecule has 1 atom stereocenters. The van der Waals surface area contributed by atoms with E-state index < -0.39 is 0 Å². The van der Waals surface area contributed by atoms with Gasteiger partial charge >= 0.3 is 0 Å². The van der Waals surface area contributed by atoms with Crippen molar-refractivity contribution in [2.75, 3.05) is 5.32 Å². The lowest BCUT2D eigenvalue weighted by molar-refractivity contribution is 1.04. The van der Waals surface area contributed by atoms with Gasteiger partial charge in [0.05, 0.1) is 16.8 Å². The van der Waals surface area contributed by atoms with Crippen LogP contribution in [0, 0.1) is 15.9 Å². The van der Waals surface area contributed by atoms with Gasteiger partial charge in [-0.05, 0) is 47.7 Å². The normalized spacial score (nSPS) is 11.8. The van der Waals surface area contributed by atoms with Gasteiger partial charge in [-0.15, -0.1) is 6.42 Å². The van der Waals surface area contributed by atoms with E-state index >= 15 is 0 Å². The minimum atomic E-state index is -0.00398. The third-order valence-electron chi connectivity index (χ3n) is 1.55. The lowest BCUT2D eigenvalue weighted by atomic mass is 10.3. The molecule has 1 rings (SSSR count). The Bertz CT molecular complexity index is 343. The first-order chi connectivity index (χ1) is 6.13. The van der Waals surface area contributed by atoms with Crippen LogP contribution in [0.2, 0.25) is 5.02 Å². The van der Waals surface area contributed by atoms with E-state index in [1.807, 2.05) is 25.1 Å². The standard InChI is InChI=1S/C10H9ClIN/c1-3-7(2)13-10-6-8(12)4-5-9(10)11/h1,4-7,13H,2H3. The summed E-state index contributed by atoms with van der Waals surface area (Å²) in [4.78, 5) is 0. The predicted octanol–water partition coefficient (Wildman–Crippen LogP) is 3.38. The highest BCUT2D eigenvalue weighted by atomic mass is 127. The van der Waals surface area contributed by atoms with E-state index in [0.717, 1.165) is 9.26 Å². The van der Waals surface area contributed by atoms with E-state index in [1.54, 1.807) is 0 Å². The summed E-state index contributed by atoms with van der Waals surface area (Å²) in [5, 5.41) is 3.82. The molecule has 0 radical (unpaired) electrons. The van der Waals surface area contributed by atoms with Crippen molar-refractivity contribution in [2.24, 2.45) is 0 Å². The zero-order valence-corrected chi connectivity index (χ0v) is 10.1. The quantitative estimate of drug-likeness (QED) is 0.652. The molecular formula is C10H9ClIN. The Morgan fingerprint density at radius 1 is 1.62 bits per heavy atom. The van der Waals surface area contributed by atoms with Crippen molar-refractivity contribution in [3.63, 3.8) is 0 Å². The molecule has 1 aromatic carbocycles. The first kappa shape index (κ1) is 10.7. The number of nitrogens with one attached hydrogen (secondary N) is 1. The molecule has 0 fully saturated rings. The highest BCUT2D eigenvalue weighted by Crippen LogP contribution is 2.24. The van der Waals surface area contributed by atoms with Crippen LogP contribution in [0.4, 0.5) is 5.69 Å². The van der Waals surface area contributed by atoms with E-state index in [9.17, 15) is 0 Å². The smallest absolute Gasteiger partial charge is 0.0846 e. The largest absolute Gasteiger partial charge is 0.371 e. The van der Waals surface area contributed by atoms with E-state index in [-0.39, 0.29) is 6.04 Å². The second kappa shape index (κ2) is 4.73. The maximum absolute atomic E-state index is 5.96. The van der Waals surface area contributed by atoms with Gasteiger partial charge in [0.2, 0.25) is 0 Å². The zero-order valence-electron chi connectivity index (χ0n) is 7.14. The summed E-state index contributed by atoms with van der Waals surface area (Å²) in [6.07, 6.45) is 5.25. The van der Waals surface area contributed by atoms with Crippen LogP contribution in [-0.4, -0.2) is 6.04 Å². The third-order valence-corrected chi connectivity index (χ3v) is 2.55. The maximum atomic E-state index is 5.96. The van der Waals surface area contributed by atoms with Crippen LogP contribution in [0.3, 0.4) is 0 Å². The van der Waals surface area contributed by atoms with Gasteiger partial charge < -0.3 is 5.32 Å². The predicted molar refractivity (Wildman–Crippen MR) is 66.1 cm³/mol. The molecule has 1 aromatic rings. The number of benzene rings is 1. The Balaban J connectivity index is 2.88. The lowest BCUT2D eigenvalue weighted by Gasteiger charge is -2.10. The average Bonchev–Trinajstić information content (AvgIpc) is 2.11. The van der Waals surface area contributed by atoms with Crippen LogP contribution in [0.15, 0.2) is 18.2 Å². The molecule has 3 heteroatoms. The van der Waals surface area contributed by atoms with Crippen molar-refractivity contribution in [1.82, 2.24) is 0 Å². The molecule has 0 aliphatic heterocycles. The van der Waals surface area contributed by atoms with Crippen LogP contribution >= 0.6 is 34.2 Å². The summed E-state index contributed by atoms with van der Waals surface area (Å²) in [6.45, 7) is 1.91. The molecule has 68 valence electrons. The average molecular weight is 306 g/mol. The van der Waals surface area contributed by atoms with Crippen LogP contribution in [0.1, 0.15) is 6.92 Å². The molecule has 1 unspecified atom stereocenters. The van der Waals surface area contributed by atoms with Crippen molar-refractivity contribution in [3.8, 4) is 12.3 Å². The summed E-state index contributed by atoms with van der Waals surface area (Å²) >= 11 is 8.19.